The maximum absolute atomic E-state index is 2.79. The van der Waals surface area contributed by atoms with E-state index in [1.807, 2.05) is 30.3 Å². The molecule has 0 amide bonds. The summed E-state index contributed by atoms with van der Waals surface area (Å²) in [5.41, 5.74) is 11.6. The SMILES string of the molecule is CC(C)(C)P(C[c-]1c(CP(C2C3CC4CC(C3)CC2C4)C2C3CC4CC(C3)CC2C4)cc(-c2ccccc2)c1-c1ccccc1)C(C)(C)C.[Fe].[cH-]1[cH-][cH-][cH-][cH-]1. The van der Waals surface area contributed by atoms with Gasteiger partial charge in [0, 0.05) is 17.1 Å². The third-order valence-corrected chi connectivity index (χ3v) is 23.2. The molecule has 0 nitrogen and oxygen atoms in total. The van der Waals surface area contributed by atoms with Gasteiger partial charge in [-0.25, -0.2) is 0 Å². The molecule has 0 atom stereocenters. The molecule has 0 heterocycles. The maximum Gasteiger partial charge on any atom is 0 e. The molecule has 0 unspecified atom stereocenters. The molecule has 8 aliphatic carbocycles. The summed E-state index contributed by atoms with van der Waals surface area (Å²) in [6.45, 7) is 15.3. The minimum atomic E-state index is -0.264. The molecule has 8 fully saturated rings. The fraction of sp³-hybridized carbons (Fsp3) is 0.577. The van der Waals surface area contributed by atoms with Crippen molar-refractivity contribution in [1.82, 2.24) is 0 Å². The van der Waals surface area contributed by atoms with E-state index in [-0.39, 0.29) is 32.9 Å². The van der Waals surface area contributed by atoms with Gasteiger partial charge in [0.25, 0.3) is 0 Å². The molecule has 300 valence electrons. The van der Waals surface area contributed by atoms with Crippen molar-refractivity contribution in [2.75, 3.05) is 0 Å². The second-order valence-electron chi connectivity index (χ2n) is 21.1. The van der Waals surface area contributed by atoms with Gasteiger partial charge in [-0.2, -0.15) is 6.07 Å². The zero-order chi connectivity index (χ0) is 37.2. The van der Waals surface area contributed by atoms with E-state index in [0.29, 0.717) is 10.3 Å². The van der Waals surface area contributed by atoms with E-state index < -0.39 is 0 Å². The summed E-state index contributed by atoms with van der Waals surface area (Å²) in [7, 11) is -0.327. The molecule has 0 aliphatic heterocycles. The standard InChI is InChI=1S/C47H63P2.C5H5.Fe/c1-46(2,3)49(47(4,5)6)29-42-40(27-41(34-13-9-7-10-14-34)43(42)35-15-11-8-12-16-35)28-48(44-36-19-30-17-31(21-36)22-37(44)20-30)45-38-23-32-18-33(25-38)26-39(45)24-32;1-2-4-5-3-1;/h7-16,27,30-33,36-39,44-45H,17-26,28-29H2,1-6H3;1-5H;/q-1;-5;. The van der Waals surface area contributed by atoms with Crippen molar-refractivity contribution in [2.24, 2.45) is 47.3 Å². The molecule has 4 aromatic rings. The zero-order valence-corrected chi connectivity index (χ0v) is 37.6. The van der Waals surface area contributed by atoms with Crippen molar-refractivity contribution in [1.29, 1.82) is 0 Å². The molecule has 0 aromatic heterocycles. The smallest absolute Gasteiger partial charge is 0 e. The first kappa shape index (κ1) is 40.3. The minimum Gasteiger partial charge on any atom is -0.748 e. The fourth-order valence-corrected chi connectivity index (χ4v) is 22.5. The molecule has 8 aliphatic rings. The molecule has 4 aromatic carbocycles. The van der Waals surface area contributed by atoms with Gasteiger partial charge in [0.15, 0.2) is 0 Å². The largest absolute Gasteiger partial charge is 0.748 e. The van der Waals surface area contributed by atoms with Gasteiger partial charge in [0.05, 0.1) is 0 Å². The molecule has 0 radical (unpaired) electrons. The van der Waals surface area contributed by atoms with Gasteiger partial charge in [-0.15, -0.1) is 30.2 Å². The Hall–Kier alpha value is -1.48. The number of rotatable bonds is 8. The van der Waals surface area contributed by atoms with Crippen LogP contribution in [0, 0.1) is 47.3 Å². The monoisotopic (exact) mass is 810 g/mol. The third-order valence-electron chi connectivity index (χ3n) is 15.4. The van der Waals surface area contributed by atoms with Gasteiger partial charge in [0.1, 0.15) is 0 Å². The summed E-state index contributed by atoms with van der Waals surface area (Å²) in [5, 5.41) is 0.604. The van der Waals surface area contributed by atoms with Crippen molar-refractivity contribution in [3.05, 3.63) is 108 Å². The van der Waals surface area contributed by atoms with Crippen LogP contribution < -0.4 is 0 Å². The van der Waals surface area contributed by atoms with Crippen LogP contribution in [0.1, 0.15) is 117 Å². The Balaban J connectivity index is 0.000000661. The van der Waals surface area contributed by atoms with Crippen molar-refractivity contribution >= 4 is 15.8 Å². The Labute approximate surface area is 348 Å². The number of benzene rings is 2. The van der Waals surface area contributed by atoms with E-state index in [1.54, 1.807) is 80.9 Å². The van der Waals surface area contributed by atoms with Crippen LogP contribution in [-0.4, -0.2) is 21.6 Å². The van der Waals surface area contributed by atoms with Gasteiger partial charge in [-0.05, 0) is 146 Å². The first-order valence-electron chi connectivity index (χ1n) is 22.1. The summed E-state index contributed by atoms with van der Waals surface area (Å²) in [6, 6.07) is 35.9. The zero-order valence-electron chi connectivity index (χ0n) is 34.7. The van der Waals surface area contributed by atoms with E-state index in [4.69, 9.17) is 0 Å². The summed E-state index contributed by atoms with van der Waals surface area (Å²) >= 11 is 0. The normalized spacial score (nSPS) is 32.3. The Morgan fingerprint density at radius 1 is 0.545 bits per heavy atom. The van der Waals surface area contributed by atoms with E-state index in [2.05, 4.69) is 108 Å². The van der Waals surface area contributed by atoms with Crippen LogP contribution in [0.3, 0.4) is 0 Å². The van der Waals surface area contributed by atoms with Crippen LogP contribution in [0.15, 0.2) is 97.1 Å². The molecule has 3 heteroatoms. The van der Waals surface area contributed by atoms with Gasteiger partial charge < -0.3 is 30.3 Å². The molecular formula is C52H68FeP2-6. The number of hydrogen-bond donors (Lipinski definition) is 0. The molecule has 0 saturated heterocycles. The van der Waals surface area contributed by atoms with E-state index in [1.165, 1.54) is 29.0 Å². The van der Waals surface area contributed by atoms with Crippen LogP contribution in [0.25, 0.3) is 22.3 Å². The molecule has 8 saturated carbocycles. The predicted octanol–water partition coefficient (Wildman–Crippen LogP) is 15.4. The molecular weight excluding hydrogens is 742 g/mol. The Kier molecular flexibility index (Phi) is 11.9. The van der Waals surface area contributed by atoms with Gasteiger partial charge in [-0.3, -0.25) is 0 Å². The van der Waals surface area contributed by atoms with Crippen molar-refractivity contribution in [2.45, 2.75) is 140 Å². The molecule has 0 spiro atoms. The second-order valence-corrected chi connectivity index (χ2v) is 27.5. The first-order chi connectivity index (χ1) is 26.0. The topological polar surface area (TPSA) is 0 Å². The Morgan fingerprint density at radius 2 is 0.927 bits per heavy atom. The van der Waals surface area contributed by atoms with Crippen LogP contribution in [-0.2, 0) is 29.4 Å². The van der Waals surface area contributed by atoms with E-state index in [9.17, 15) is 0 Å². The van der Waals surface area contributed by atoms with Gasteiger partial charge >= 0.3 is 0 Å². The number of hydrogen-bond acceptors (Lipinski definition) is 0. The summed E-state index contributed by atoms with van der Waals surface area (Å²) in [6.07, 6.45) is 18.5. The molecule has 55 heavy (non-hydrogen) atoms. The Bertz CT molecular complexity index is 1690. The second kappa shape index (κ2) is 16.3. The predicted molar refractivity (Wildman–Crippen MR) is 237 cm³/mol. The first-order valence-corrected chi connectivity index (χ1v) is 25.3. The van der Waals surface area contributed by atoms with Gasteiger partial charge in [-0.1, -0.05) is 121 Å². The van der Waals surface area contributed by atoms with Crippen LogP contribution in [0.4, 0.5) is 0 Å². The van der Waals surface area contributed by atoms with Gasteiger partial charge in [0.2, 0.25) is 0 Å². The van der Waals surface area contributed by atoms with Crippen molar-refractivity contribution < 1.29 is 17.1 Å². The summed E-state index contributed by atoms with van der Waals surface area (Å²) < 4.78 is 0. The Morgan fingerprint density at radius 3 is 1.31 bits per heavy atom. The summed E-state index contributed by atoms with van der Waals surface area (Å²) in [4.78, 5) is 0. The molecule has 8 bridgehead atoms. The minimum absolute atomic E-state index is 0. The third kappa shape index (κ3) is 8.24. The average molecular weight is 811 g/mol. The molecule has 12 rings (SSSR count). The van der Waals surface area contributed by atoms with Crippen LogP contribution in [0.2, 0.25) is 0 Å². The van der Waals surface area contributed by atoms with E-state index >= 15 is 0 Å². The summed E-state index contributed by atoms with van der Waals surface area (Å²) in [5.74, 6) is 8.45. The maximum atomic E-state index is 2.79. The molecule has 0 N–H and O–H groups in total. The quantitative estimate of drug-likeness (QED) is 0.0945. The average Bonchev–Trinajstić information content (AvgIpc) is 3.82. The van der Waals surface area contributed by atoms with Crippen LogP contribution >= 0.6 is 15.8 Å². The van der Waals surface area contributed by atoms with Crippen LogP contribution in [0.5, 0.6) is 0 Å². The van der Waals surface area contributed by atoms with Crippen molar-refractivity contribution in [3.63, 3.8) is 0 Å². The van der Waals surface area contributed by atoms with Crippen molar-refractivity contribution in [3.8, 4) is 22.3 Å². The van der Waals surface area contributed by atoms with E-state index in [0.717, 1.165) is 58.7 Å². The fourth-order valence-electron chi connectivity index (χ4n) is 14.2.